The highest BCUT2D eigenvalue weighted by Gasteiger charge is 2.05. The molecule has 2 rings (SSSR count). The van der Waals surface area contributed by atoms with Gasteiger partial charge in [0.25, 0.3) is 0 Å². The molecule has 0 spiro atoms. The SMILES string of the molecule is O=C(N/C=C/c1ccccc1F)Nc1cc(Cl)ccc1O. The van der Waals surface area contributed by atoms with Crippen LogP contribution >= 0.6 is 11.6 Å². The van der Waals surface area contributed by atoms with Gasteiger partial charge in [-0.15, -0.1) is 0 Å². The van der Waals surface area contributed by atoms with Crippen LogP contribution < -0.4 is 10.6 Å². The number of urea groups is 1. The number of nitrogens with one attached hydrogen (secondary N) is 2. The lowest BCUT2D eigenvalue weighted by molar-refractivity contribution is 0.255. The lowest BCUT2D eigenvalue weighted by atomic mass is 10.2. The molecule has 0 saturated carbocycles. The van der Waals surface area contributed by atoms with Crippen molar-refractivity contribution in [1.82, 2.24) is 5.32 Å². The molecule has 0 saturated heterocycles. The number of carbonyl (C=O) groups excluding carboxylic acids is 1. The molecule has 3 N–H and O–H groups in total. The molecule has 0 heterocycles. The number of rotatable bonds is 3. The normalized spacial score (nSPS) is 10.6. The molecule has 0 unspecified atom stereocenters. The van der Waals surface area contributed by atoms with Gasteiger partial charge in [-0.05, 0) is 30.3 Å². The molecule has 0 aliphatic carbocycles. The van der Waals surface area contributed by atoms with Gasteiger partial charge in [0.2, 0.25) is 0 Å². The van der Waals surface area contributed by atoms with Crippen LogP contribution in [0.5, 0.6) is 5.75 Å². The lowest BCUT2D eigenvalue weighted by Gasteiger charge is -2.07. The summed E-state index contributed by atoms with van der Waals surface area (Å²) >= 11 is 5.76. The molecular weight excluding hydrogens is 295 g/mol. The number of phenols is 1. The van der Waals surface area contributed by atoms with E-state index in [0.717, 1.165) is 0 Å². The number of phenolic OH excluding ortho intramolecular Hbond substituents is 1. The summed E-state index contributed by atoms with van der Waals surface area (Å²) in [5.74, 6) is -0.490. The van der Waals surface area contributed by atoms with Crippen molar-refractivity contribution >= 4 is 29.4 Å². The summed E-state index contributed by atoms with van der Waals surface area (Å²) in [6, 6.07) is 9.86. The molecule has 2 amide bonds. The quantitative estimate of drug-likeness (QED) is 0.751. The third-order valence-corrected chi connectivity index (χ3v) is 2.82. The summed E-state index contributed by atoms with van der Waals surface area (Å²) in [6.07, 6.45) is 2.72. The van der Waals surface area contributed by atoms with Crippen LogP contribution in [-0.4, -0.2) is 11.1 Å². The second-order valence-corrected chi connectivity index (χ2v) is 4.55. The van der Waals surface area contributed by atoms with Crippen LogP contribution in [0.3, 0.4) is 0 Å². The smallest absolute Gasteiger partial charge is 0.323 e. The molecule has 2 aromatic carbocycles. The predicted octanol–water partition coefficient (Wildman–Crippen LogP) is 3.98. The number of benzene rings is 2. The van der Waals surface area contributed by atoms with Gasteiger partial charge >= 0.3 is 6.03 Å². The third-order valence-electron chi connectivity index (χ3n) is 2.59. The highest BCUT2D eigenvalue weighted by molar-refractivity contribution is 6.31. The van der Waals surface area contributed by atoms with Gasteiger partial charge in [0.1, 0.15) is 11.6 Å². The van der Waals surface area contributed by atoms with Crippen LogP contribution in [0.2, 0.25) is 5.02 Å². The topological polar surface area (TPSA) is 61.4 Å². The molecule has 0 bridgehead atoms. The summed E-state index contributed by atoms with van der Waals surface area (Å²) in [5, 5.41) is 14.8. The summed E-state index contributed by atoms with van der Waals surface area (Å²) in [5.41, 5.74) is 0.530. The zero-order valence-electron chi connectivity index (χ0n) is 10.8. The van der Waals surface area contributed by atoms with E-state index in [0.29, 0.717) is 10.6 Å². The van der Waals surface area contributed by atoms with E-state index in [1.165, 1.54) is 36.5 Å². The molecule has 0 aromatic heterocycles. The van der Waals surface area contributed by atoms with Crippen molar-refractivity contribution in [3.05, 3.63) is 65.1 Å². The van der Waals surface area contributed by atoms with Crippen LogP contribution in [-0.2, 0) is 0 Å². The van der Waals surface area contributed by atoms with Crippen LogP contribution in [0.1, 0.15) is 5.56 Å². The Balaban J connectivity index is 1.96. The zero-order valence-corrected chi connectivity index (χ0v) is 11.6. The molecule has 0 radical (unpaired) electrons. The van der Waals surface area contributed by atoms with Crippen LogP contribution in [0.15, 0.2) is 48.7 Å². The van der Waals surface area contributed by atoms with Crippen LogP contribution in [0.25, 0.3) is 6.08 Å². The third kappa shape index (κ3) is 4.22. The minimum absolute atomic E-state index is 0.104. The molecule has 21 heavy (non-hydrogen) atoms. The molecule has 0 aliphatic heterocycles. The number of carbonyl (C=O) groups is 1. The Morgan fingerprint density at radius 3 is 2.76 bits per heavy atom. The van der Waals surface area contributed by atoms with Gasteiger partial charge in [-0.1, -0.05) is 29.8 Å². The van der Waals surface area contributed by atoms with E-state index in [1.54, 1.807) is 18.2 Å². The van der Waals surface area contributed by atoms with Gasteiger partial charge in [-0.25, -0.2) is 9.18 Å². The largest absolute Gasteiger partial charge is 0.506 e. The molecule has 4 nitrogen and oxygen atoms in total. The number of amides is 2. The molecule has 0 aliphatic rings. The molecule has 0 atom stereocenters. The Kier molecular flexibility index (Phi) is 4.79. The highest BCUT2D eigenvalue weighted by Crippen LogP contribution is 2.26. The lowest BCUT2D eigenvalue weighted by Crippen LogP contribution is -2.23. The second-order valence-electron chi connectivity index (χ2n) is 4.11. The first-order chi connectivity index (χ1) is 10.1. The van der Waals surface area contributed by atoms with Gasteiger partial charge in [0.05, 0.1) is 5.69 Å². The summed E-state index contributed by atoms with van der Waals surface area (Å²) in [7, 11) is 0. The van der Waals surface area contributed by atoms with Crippen molar-refractivity contribution < 1.29 is 14.3 Å². The molecule has 2 aromatic rings. The average molecular weight is 307 g/mol. The van der Waals surface area contributed by atoms with Gasteiger partial charge < -0.3 is 15.7 Å². The first-order valence-corrected chi connectivity index (χ1v) is 6.41. The van der Waals surface area contributed by atoms with E-state index in [2.05, 4.69) is 10.6 Å². The molecule has 6 heteroatoms. The van der Waals surface area contributed by atoms with E-state index < -0.39 is 6.03 Å². The number of hydrogen-bond donors (Lipinski definition) is 3. The van der Waals surface area contributed by atoms with Crippen LogP contribution in [0.4, 0.5) is 14.9 Å². The number of halogens is 2. The monoisotopic (exact) mass is 306 g/mol. The summed E-state index contributed by atoms with van der Waals surface area (Å²) < 4.78 is 13.3. The van der Waals surface area contributed by atoms with Gasteiger partial charge in [-0.2, -0.15) is 0 Å². The number of anilines is 1. The van der Waals surface area contributed by atoms with Crippen molar-refractivity contribution in [2.75, 3.05) is 5.32 Å². The Labute approximate surface area is 125 Å². The first kappa shape index (κ1) is 14.9. The van der Waals surface area contributed by atoms with Crippen molar-refractivity contribution in [3.8, 4) is 5.75 Å². The maximum absolute atomic E-state index is 13.3. The first-order valence-electron chi connectivity index (χ1n) is 6.03. The zero-order chi connectivity index (χ0) is 15.2. The van der Waals surface area contributed by atoms with E-state index in [4.69, 9.17) is 11.6 Å². The maximum atomic E-state index is 13.3. The van der Waals surface area contributed by atoms with Crippen molar-refractivity contribution in [1.29, 1.82) is 0 Å². The Morgan fingerprint density at radius 1 is 1.24 bits per heavy atom. The van der Waals surface area contributed by atoms with E-state index >= 15 is 0 Å². The number of aromatic hydroxyl groups is 1. The fraction of sp³-hybridized carbons (Fsp3) is 0. The Bertz CT molecular complexity index is 689. The van der Waals surface area contributed by atoms with Crippen molar-refractivity contribution in [2.24, 2.45) is 0 Å². The minimum Gasteiger partial charge on any atom is -0.506 e. The highest BCUT2D eigenvalue weighted by atomic mass is 35.5. The predicted molar refractivity (Wildman–Crippen MR) is 80.7 cm³/mol. The van der Waals surface area contributed by atoms with Crippen molar-refractivity contribution in [3.63, 3.8) is 0 Å². The second kappa shape index (κ2) is 6.76. The van der Waals surface area contributed by atoms with Crippen LogP contribution in [0, 0.1) is 5.82 Å². The number of hydrogen-bond acceptors (Lipinski definition) is 2. The van der Waals surface area contributed by atoms with Gasteiger partial charge in [0, 0.05) is 16.8 Å². The maximum Gasteiger partial charge on any atom is 0.323 e. The molecular formula is C15H12ClFN2O2. The fourth-order valence-corrected chi connectivity index (χ4v) is 1.76. The minimum atomic E-state index is -0.583. The van der Waals surface area contributed by atoms with E-state index in [1.807, 2.05) is 0 Å². The van der Waals surface area contributed by atoms with Crippen molar-refractivity contribution in [2.45, 2.75) is 0 Å². The average Bonchev–Trinajstić information content (AvgIpc) is 2.45. The van der Waals surface area contributed by atoms with E-state index in [-0.39, 0.29) is 17.3 Å². The van der Waals surface area contributed by atoms with Gasteiger partial charge in [0.15, 0.2) is 0 Å². The van der Waals surface area contributed by atoms with Gasteiger partial charge in [-0.3, -0.25) is 0 Å². The molecule has 0 fully saturated rings. The Morgan fingerprint density at radius 2 is 2.00 bits per heavy atom. The standard InChI is InChI=1S/C15H12ClFN2O2/c16-11-5-6-14(20)13(9-11)19-15(21)18-8-7-10-3-1-2-4-12(10)17/h1-9,20H,(H2,18,19,21)/b8-7+. The Hall–Kier alpha value is -2.53. The fourth-order valence-electron chi connectivity index (χ4n) is 1.58. The molecule has 108 valence electrons. The van der Waals surface area contributed by atoms with E-state index in [9.17, 15) is 14.3 Å². The summed E-state index contributed by atoms with van der Waals surface area (Å²) in [6.45, 7) is 0. The summed E-state index contributed by atoms with van der Waals surface area (Å²) in [4.78, 5) is 11.6.